The minimum Gasteiger partial charge on any atom is -0.431 e. The van der Waals surface area contributed by atoms with Gasteiger partial charge >= 0.3 is 6.18 Å². The molecular weight excluding hydrogens is 263 g/mol. The molecule has 0 atom stereocenters. The van der Waals surface area contributed by atoms with Crippen molar-refractivity contribution in [1.29, 1.82) is 0 Å². The third-order valence-electron chi connectivity index (χ3n) is 1.72. The molecule has 6 heteroatoms. The molecule has 0 amide bonds. The lowest BCUT2D eigenvalue weighted by Gasteiger charge is -2.01. The van der Waals surface area contributed by atoms with E-state index in [4.69, 9.17) is 4.74 Å². The molecule has 0 fully saturated rings. The first-order valence-corrected chi connectivity index (χ1v) is 6.19. The van der Waals surface area contributed by atoms with E-state index in [9.17, 15) is 13.2 Å². The van der Waals surface area contributed by atoms with Gasteiger partial charge in [0.25, 0.3) is 5.19 Å². The lowest BCUT2D eigenvalue weighted by Crippen LogP contribution is -2.04. The fraction of sp³-hybridized carbons (Fsp3) is 0.250. The van der Waals surface area contributed by atoms with Gasteiger partial charge in [-0.2, -0.15) is 18.2 Å². The first-order valence-electron chi connectivity index (χ1n) is 5.31. The van der Waals surface area contributed by atoms with E-state index in [2.05, 4.69) is 4.98 Å². The number of aromatic nitrogens is 1. The van der Waals surface area contributed by atoms with Gasteiger partial charge < -0.3 is 4.74 Å². The van der Waals surface area contributed by atoms with Crippen molar-refractivity contribution in [3.8, 4) is 10.9 Å². The van der Waals surface area contributed by atoms with E-state index in [0.717, 1.165) is 16.7 Å². The summed E-state index contributed by atoms with van der Waals surface area (Å²) in [5.74, 6) is 0.463. The third kappa shape index (κ3) is 4.03. The van der Waals surface area contributed by atoms with Gasteiger partial charge in [-0.1, -0.05) is 43.4 Å². The van der Waals surface area contributed by atoms with Gasteiger partial charge in [0, 0.05) is 5.38 Å². The van der Waals surface area contributed by atoms with E-state index in [1.807, 2.05) is 13.8 Å². The van der Waals surface area contributed by atoms with Gasteiger partial charge in [-0.3, -0.25) is 0 Å². The lowest BCUT2D eigenvalue weighted by atomic mass is 10.3. The highest BCUT2D eigenvalue weighted by Crippen LogP contribution is 2.33. The normalized spacial score (nSPS) is 10.5. The molecule has 18 heavy (non-hydrogen) atoms. The minimum atomic E-state index is -4.42. The molecule has 1 aromatic carbocycles. The van der Waals surface area contributed by atoms with Gasteiger partial charge in [-0.05, 0) is 12.1 Å². The molecule has 98 valence electrons. The summed E-state index contributed by atoms with van der Waals surface area (Å²) in [5, 5.41) is 0.914. The predicted octanol–water partition coefficient (Wildman–Crippen LogP) is 4.98. The second-order valence-electron chi connectivity index (χ2n) is 2.91. The van der Waals surface area contributed by atoms with Crippen molar-refractivity contribution in [2.75, 3.05) is 0 Å². The Labute approximate surface area is 107 Å². The van der Waals surface area contributed by atoms with E-state index in [-0.39, 0.29) is 5.19 Å². The molecular formula is C12H12F3NOS. The van der Waals surface area contributed by atoms with Crippen molar-refractivity contribution in [3.63, 3.8) is 0 Å². The summed E-state index contributed by atoms with van der Waals surface area (Å²) in [6.07, 6.45) is -4.42. The number of rotatable bonds is 2. The molecule has 0 radical (unpaired) electrons. The van der Waals surface area contributed by atoms with E-state index in [1.165, 1.54) is 0 Å². The highest BCUT2D eigenvalue weighted by Gasteiger charge is 2.34. The van der Waals surface area contributed by atoms with E-state index in [0.29, 0.717) is 5.75 Å². The van der Waals surface area contributed by atoms with Crippen LogP contribution in [0.4, 0.5) is 13.2 Å². The Morgan fingerprint density at radius 2 is 1.72 bits per heavy atom. The second-order valence-corrected chi connectivity index (χ2v) is 3.73. The molecule has 0 spiro atoms. The fourth-order valence-corrected chi connectivity index (χ4v) is 1.72. The summed E-state index contributed by atoms with van der Waals surface area (Å²) < 4.78 is 41.8. The van der Waals surface area contributed by atoms with E-state index < -0.39 is 11.9 Å². The van der Waals surface area contributed by atoms with Crippen LogP contribution < -0.4 is 4.74 Å². The van der Waals surface area contributed by atoms with Crippen LogP contribution >= 0.6 is 11.3 Å². The van der Waals surface area contributed by atoms with Crippen molar-refractivity contribution in [2.24, 2.45) is 0 Å². The maximum atomic E-state index is 12.2. The number of para-hydroxylation sites is 1. The van der Waals surface area contributed by atoms with Crippen LogP contribution in [0.1, 0.15) is 19.5 Å². The van der Waals surface area contributed by atoms with E-state index in [1.54, 1.807) is 30.3 Å². The molecule has 2 rings (SSSR count). The summed E-state index contributed by atoms with van der Waals surface area (Å²) in [6, 6.07) is 8.54. The Kier molecular flexibility index (Phi) is 5.15. The number of thiazole rings is 1. The zero-order valence-electron chi connectivity index (χ0n) is 9.86. The standard InChI is InChI=1S/C10H6F3NOS.C2H6/c11-10(12,13)8-6-16-9(14-8)15-7-4-2-1-3-5-7;1-2/h1-6H;1-2H3. The smallest absolute Gasteiger partial charge is 0.431 e. The van der Waals surface area contributed by atoms with Crippen molar-refractivity contribution >= 4 is 11.3 Å². The second kappa shape index (κ2) is 6.39. The molecule has 0 saturated heterocycles. The number of ether oxygens (including phenoxy) is 1. The average Bonchev–Trinajstić information content (AvgIpc) is 2.81. The maximum Gasteiger partial charge on any atom is 0.434 e. The van der Waals surface area contributed by atoms with Crippen LogP contribution in [-0.4, -0.2) is 4.98 Å². The van der Waals surface area contributed by atoms with Crippen molar-refractivity contribution in [1.82, 2.24) is 4.98 Å². The molecule has 2 aromatic rings. The molecule has 0 N–H and O–H groups in total. The Balaban J connectivity index is 0.000000771. The predicted molar refractivity (Wildman–Crippen MR) is 65.0 cm³/mol. The largest absolute Gasteiger partial charge is 0.434 e. The summed E-state index contributed by atoms with van der Waals surface area (Å²) in [5.41, 5.74) is -0.927. The molecule has 0 unspecified atom stereocenters. The van der Waals surface area contributed by atoms with Crippen molar-refractivity contribution in [2.45, 2.75) is 20.0 Å². The number of alkyl halides is 3. The van der Waals surface area contributed by atoms with Gasteiger partial charge in [0.2, 0.25) is 0 Å². The highest BCUT2D eigenvalue weighted by atomic mass is 32.1. The minimum absolute atomic E-state index is 0.0153. The highest BCUT2D eigenvalue weighted by molar-refractivity contribution is 7.11. The fourth-order valence-electron chi connectivity index (χ4n) is 1.02. The molecule has 2 nitrogen and oxygen atoms in total. The third-order valence-corrected chi connectivity index (χ3v) is 2.44. The average molecular weight is 275 g/mol. The first-order chi connectivity index (χ1) is 8.55. The summed E-state index contributed by atoms with van der Waals surface area (Å²) in [6.45, 7) is 4.00. The Bertz CT molecular complexity index is 468. The Morgan fingerprint density at radius 3 is 2.22 bits per heavy atom. The molecule has 0 aliphatic carbocycles. The molecule has 0 saturated carbocycles. The topological polar surface area (TPSA) is 22.1 Å². The molecule has 1 aromatic heterocycles. The number of hydrogen-bond donors (Lipinski definition) is 0. The van der Waals surface area contributed by atoms with Crippen LogP contribution in [0.2, 0.25) is 0 Å². The molecule has 0 bridgehead atoms. The van der Waals surface area contributed by atoms with Gasteiger partial charge in [0.15, 0.2) is 5.69 Å². The number of nitrogens with zero attached hydrogens (tertiary/aromatic N) is 1. The number of benzene rings is 1. The molecule has 0 aliphatic rings. The SMILES string of the molecule is CC.FC(F)(F)c1csc(Oc2ccccc2)n1. The van der Waals surface area contributed by atoms with Gasteiger partial charge in [-0.15, -0.1) is 0 Å². The Hall–Kier alpha value is -1.56. The van der Waals surface area contributed by atoms with Crippen LogP contribution in [0, 0.1) is 0 Å². The summed E-state index contributed by atoms with van der Waals surface area (Å²) in [4.78, 5) is 3.35. The first kappa shape index (κ1) is 14.5. The van der Waals surface area contributed by atoms with Crippen molar-refractivity contribution in [3.05, 3.63) is 41.4 Å². The van der Waals surface area contributed by atoms with Crippen LogP contribution in [0.5, 0.6) is 10.9 Å². The summed E-state index contributed by atoms with van der Waals surface area (Å²) >= 11 is 0.818. The van der Waals surface area contributed by atoms with Gasteiger partial charge in [0.05, 0.1) is 0 Å². The molecule has 0 aliphatic heterocycles. The van der Waals surface area contributed by atoms with Gasteiger partial charge in [-0.25, -0.2) is 0 Å². The monoisotopic (exact) mass is 275 g/mol. The van der Waals surface area contributed by atoms with Crippen LogP contribution in [0.25, 0.3) is 0 Å². The lowest BCUT2D eigenvalue weighted by molar-refractivity contribution is -0.140. The zero-order chi connectivity index (χ0) is 13.6. The Morgan fingerprint density at radius 1 is 1.11 bits per heavy atom. The van der Waals surface area contributed by atoms with E-state index >= 15 is 0 Å². The quantitative estimate of drug-likeness (QED) is 0.771. The van der Waals surface area contributed by atoms with Crippen LogP contribution in [-0.2, 0) is 6.18 Å². The van der Waals surface area contributed by atoms with Crippen LogP contribution in [0.15, 0.2) is 35.7 Å². The number of halogens is 3. The molecule has 1 heterocycles. The van der Waals surface area contributed by atoms with Crippen LogP contribution in [0.3, 0.4) is 0 Å². The zero-order valence-corrected chi connectivity index (χ0v) is 10.7. The maximum absolute atomic E-state index is 12.2. The van der Waals surface area contributed by atoms with Gasteiger partial charge in [0.1, 0.15) is 5.75 Å². The summed E-state index contributed by atoms with van der Waals surface area (Å²) in [7, 11) is 0. The van der Waals surface area contributed by atoms with Crippen molar-refractivity contribution < 1.29 is 17.9 Å². The number of hydrogen-bond acceptors (Lipinski definition) is 3.